The maximum Gasteiger partial charge on any atom is 0.314 e. The molecule has 0 unspecified atom stereocenters. The van der Waals surface area contributed by atoms with E-state index in [9.17, 15) is 14.4 Å². The molecule has 0 aliphatic carbocycles. The average molecular weight is 352 g/mol. The number of halogens is 2. The first-order valence-electron chi connectivity index (χ1n) is 6.33. The van der Waals surface area contributed by atoms with Gasteiger partial charge in [-0.1, -0.05) is 23.2 Å². The van der Waals surface area contributed by atoms with Crippen LogP contribution in [-0.2, 0) is 9.59 Å². The minimum Gasteiger partial charge on any atom is -0.366 e. The number of nitrogens with two attached hydrogens (primary N) is 1. The Kier molecular flexibility index (Phi) is 5.20. The van der Waals surface area contributed by atoms with Gasteiger partial charge in [0, 0.05) is 27.0 Å². The van der Waals surface area contributed by atoms with Gasteiger partial charge in [-0.15, -0.1) is 0 Å². The fourth-order valence-corrected chi connectivity index (χ4v) is 2.25. The third kappa shape index (κ3) is 4.70. The number of nitrogens with one attached hydrogen (secondary N) is 2. The topological polar surface area (TPSA) is 101 Å². The van der Waals surface area contributed by atoms with Crippen LogP contribution >= 0.6 is 23.2 Å². The third-order valence-corrected chi connectivity index (χ3v) is 3.19. The van der Waals surface area contributed by atoms with E-state index in [2.05, 4.69) is 10.6 Å². The molecule has 0 heterocycles. The molecule has 0 aromatic heterocycles. The molecule has 0 aliphatic heterocycles. The first-order chi connectivity index (χ1) is 10.8. The van der Waals surface area contributed by atoms with Gasteiger partial charge in [-0.05, 0) is 42.5 Å². The number of hydrogen-bond acceptors (Lipinski definition) is 3. The van der Waals surface area contributed by atoms with Gasteiger partial charge in [0.15, 0.2) is 0 Å². The summed E-state index contributed by atoms with van der Waals surface area (Å²) in [7, 11) is 0. The largest absolute Gasteiger partial charge is 0.366 e. The lowest BCUT2D eigenvalue weighted by Crippen LogP contribution is -2.29. The Morgan fingerprint density at radius 2 is 1.26 bits per heavy atom. The zero-order chi connectivity index (χ0) is 17.0. The normalized spacial score (nSPS) is 10.0. The van der Waals surface area contributed by atoms with E-state index in [1.807, 2.05) is 0 Å². The van der Waals surface area contributed by atoms with Crippen molar-refractivity contribution in [3.8, 4) is 0 Å². The van der Waals surface area contributed by atoms with Gasteiger partial charge < -0.3 is 16.4 Å². The van der Waals surface area contributed by atoms with E-state index in [0.29, 0.717) is 27.0 Å². The highest BCUT2D eigenvalue weighted by Gasteiger charge is 2.14. The first-order valence-corrected chi connectivity index (χ1v) is 7.09. The van der Waals surface area contributed by atoms with Crippen molar-refractivity contribution >= 4 is 52.3 Å². The number of carbonyl (C=O) groups is 3. The lowest BCUT2D eigenvalue weighted by molar-refractivity contribution is -0.132. The Morgan fingerprint density at radius 1 is 0.783 bits per heavy atom. The van der Waals surface area contributed by atoms with Crippen molar-refractivity contribution in [2.24, 2.45) is 5.73 Å². The molecule has 118 valence electrons. The van der Waals surface area contributed by atoms with Gasteiger partial charge in [0.25, 0.3) is 0 Å². The van der Waals surface area contributed by atoms with E-state index >= 15 is 0 Å². The fraction of sp³-hybridized carbons (Fsp3) is 0. The average Bonchev–Trinajstić information content (AvgIpc) is 2.46. The minimum atomic E-state index is -0.887. The van der Waals surface area contributed by atoms with E-state index in [4.69, 9.17) is 28.9 Å². The highest BCUT2D eigenvalue weighted by molar-refractivity contribution is 6.44. The van der Waals surface area contributed by atoms with E-state index in [-0.39, 0.29) is 0 Å². The molecule has 0 radical (unpaired) electrons. The number of amides is 3. The van der Waals surface area contributed by atoms with Crippen molar-refractivity contribution in [1.82, 2.24) is 0 Å². The number of benzene rings is 2. The van der Waals surface area contributed by atoms with Crippen molar-refractivity contribution in [3.05, 3.63) is 58.1 Å². The maximum absolute atomic E-state index is 11.8. The van der Waals surface area contributed by atoms with Crippen LogP contribution in [0.2, 0.25) is 10.0 Å². The van der Waals surface area contributed by atoms with Gasteiger partial charge in [-0.3, -0.25) is 14.4 Å². The molecule has 2 rings (SSSR count). The summed E-state index contributed by atoms with van der Waals surface area (Å²) in [5, 5.41) is 5.43. The van der Waals surface area contributed by atoms with Crippen LogP contribution in [0.4, 0.5) is 11.4 Å². The van der Waals surface area contributed by atoms with E-state index in [1.165, 1.54) is 42.5 Å². The molecule has 2 aromatic carbocycles. The monoisotopic (exact) mass is 351 g/mol. The van der Waals surface area contributed by atoms with Crippen molar-refractivity contribution in [1.29, 1.82) is 0 Å². The Morgan fingerprint density at radius 3 is 1.74 bits per heavy atom. The first kappa shape index (κ1) is 16.8. The summed E-state index contributed by atoms with van der Waals surface area (Å²) in [6.07, 6.45) is 0. The predicted molar refractivity (Wildman–Crippen MR) is 88.7 cm³/mol. The molecule has 4 N–H and O–H groups in total. The molecule has 0 bridgehead atoms. The molecular weight excluding hydrogens is 341 g/mol. The lowest BCUT2D eigenvalue weighted by atomic mass is 10.2. The summed E-state index contributed by atoms with van der Waals surface area (Å²) in [4.78, 5) is 34.6. The van der Waals surface area contributed by atoms with Gasteiger partial charge >= 0.3 is 11.8 Å². The maximum atomic E-state index is 11.8. The van der Waals surface area contributed by atoms with Crippen LogP contribution in [0.1, 0.15) is 10.4 Å². The Hall–Kier alpha value is -2.57. The number of rotatable bonds is 3. The van der Waals surface area contributed by atoms with Crippen molar-refractivity contribution < 1.29 is 14.4 Å². The van der Waals surface area contributed by atoms with E-state index < -0.39 is 17.7 Å². The van der Waals surface area contributed by atoms with Crippen LogP contribution < -0.4 is 16.4 Å². The Labute approximate surface area is 141 Å². The summed E-state index contributed by atoms with van der Waals surface area (Å²) in [6, 6.07) is 10.2. The van der Waals surface area contributed by atoms with Gasteiger partial charge in [0.1, 0.15) is 0 Å². The second-order valence-corrected chi connectivity index (χ2v) is 5.38. The Bertz CT molecular complexity index is 756. The van der Waals surface area contributed by atoms with Gasteiger partial charge in [0.2, 0.25) is 5.91 Å². The van der Waals surface area contributed by atoms with Crippen LogP contribution in [-0.4, -0.2) is 17.7 Å². The standard InChI is InChI=1S/C15H11Cl2N3O3/c16-9-5-10(17)7-12(6-9)20-15(23)14(22)19-11-3-1-8(2-4-11)13(18)21/h1-7H,(H2,18,21)(H,19,22)(H,20,23). The smallest absolute Gasteiger partial charge is 0.314 e. The number of primary amides is 1. The van der Waals surface area contributed by atoms with Crippen molar-refractivity contribution in [3.63, 3.8) is 0 Å². The highest BCUT2D eigenvalue weighted by Crippen LogP contribution is 2.22. The fourth-order valence-electron chi connectivity index (χ4n) is 1.72. The van der Waals surface area contributed by atoms with Crippen LogP contribution in [0.25, 0.3) is 0 Å². The predicted octanol–water partition coefficient (Wildman–Crippen LogP) is 2.67. The number of anilines is 2. The van der Waals surface area contributed by atoms with Gasteiger partial charge in [-0.2, -0.15) is 0 Å². The SMILES string of the molecule is NC(=O)c1ccc(NC(=O)C(=O)Nc2cc(Cl)cc(Cl)c2)cc1. The summed E-state index contributed by atoms with van der Waals surface area (Å²) < 4.78 is 0. The summed E-state index contributed by atoms with van der Waals surface area (Å²) >= 11 is 11.6. The molecule has 0 atom stereocenters. The molecule has 0 spiro atoms. The molecule has 3 amide bonds. The van der Waals surface area contributed by atoms with Gasteiger partial charge in [-0.25, -0.2) is 0 Å². The molecule has 2 aromatic rings. The molecule has 0 fully saturated rings. The second kappa shape index (κ2) is 7.13. The zero-order valence-corrected chi connectivity index (χ0v) is 13.1. The lowest BCUT2D eigenvalue weighted by Gasteiger charge is -2.07. The summed E-state index contributed by atoms with van der Waals surface area (Å²) in [5.41, 5.74) is 6.05. The molecule has 0 saturated carbocycles. The highest BCUT2D eigenvalue weighted by atomic mass is 35.5. The molecular formula is C15H11Cl2N3O3. The number of hydrogen-bond donors (Lipinski definition) is 3. The molecule has 0 saturated heterocycles. The van der Waals surface area contributed by atoms with E-state index in [1.54, 1.807) is 0 Å². The van der Waals surface area contributed by atoms with Crippen LogP contribution in [0, 0.1) is 0 Å². The molecule has 0 aliphatic rings. The molecule has 6 nitrogen and oxygen atoms in total. The van der Waals surface area contributed by atoms with Crippen LogP contribution in [0.15, 0.2) is 42.5 Å². The zero-order valence-electron chi connectivity index (χ0n) is 11.6. The molecule has 23 heavy (non-hydrogen) atoms. The van der Waals surface area contributed by atoms with E-state index in [0.717, 1.165) is 0 Å². The second-order valence-electron chi connectivity index (χ2n) is 4.51. The number of carbonyl (C=O) groups excluding carboxylic acids is 3. The quantitative estimate of drug-likeness (QED) is 0.740. The van der Waals surface area contributed by atoms with Crippen LogP contribution in [0.3, 0.4) is 0 Å². The third-order valence-electron chi connectivity index (χ3n) is 2.75. The molecule has 8 heteroatoms. The summed E-state index contributed by atoms with van der Waals surface area (Å²) in [5.74, 6) is -2.35. The van der Waals surface area contributed by atoms with Crippen molar-refractivity contribution in [2.75, 3.05) is 10.6 Å². The van der Waals surface area contributed by atoms with Gasteiger partial charge in [0.05, 0.1) is 0 Å². The minimum absolute atomic E-state index is 0.293. The van der Waals surface area contributed by atoms with Crippen molar-refractivity contribution in [2.45, 2.75) is 0 Å². The summed E-state index contributed by atoms with van der Waals surface area (Å²) in [6.45, 7) is 0. The van der Waals surface area contributed by atoms with Crippen LogP contribution in [0.5, 0.6) is 0 Å². The Balaban J connectivity index is 2.02.